The van der Waals surface area contributed by atoms with Gasteiger partial charge in [-0.05, 0) is 38.3 Å². The van der Waals surface area contributed by atoms with Crippen molar-refractivity contribution in [2.24, 2.45) is 5.10 Å². The smallest absolute Gasteiger partial charge is 0.366 e. The molecule has 0 radical (unpaired) electrons. The minimum absolute atomic E-state index is 0.0107. The van der Waals surface area contributed by atoms with Gasteiger partial charge in [-0.1, -0.05) is 6.07 Å². The average Bonchev–Trinajstić information content (AvgIpc) is 3.08. The molecule has 2 aliphatic rings. The van der Waals surface area contributed by atoms with E-state index in [1.807, 2.05) is 13.0 Å². The van der Waals surface area contributed by atoms with Crippen molar-refractivity contribution in [3.63, 3.8) is 0 Å². The highest BCUT2D eigenvalue weighted by Crippen LogP contribution is 2.41. The second kappa shape index (κ2) is 8.93. The second-order valence-electron chi connectivity index (χ2n) is 6.79. The Morgan fingerprint density at radius 2 is 1.93 bits per heavy atom. The molecule has 0 fully saturated rings. The first kappa shape index (κ1) is 20.6. The van der Waals surface area contributed by atoms with Gasteiger partial charge < -0.3 is 25.0 Å². The molecule has 2 aliphatic heterocycles. The number of carbonyl (C=O) groups is 3. The van der Waals surface area contributed by atoms with Crippen LogP contribution < -0.4 is 15.5 Å². The van der Waals surface area contributed by atoms with Crippen molar-refractivity contribution in [2.45, 2.75) is 46.1 Å². The number of ether oxygens (including phenoxy) is 3. The van der Waals surface area contributed by atoms with Crippen molar-refractivity contribution in [3.8, 4) is 5.75 Å². The summed E-state index contributed by atoms with van der Waals surface area (Å²) in [6, 6.07) is 2.02. The van der Waals surface area contributed by atoms with Gasteiger partial charge in [0.15, 0.2) is 0 Å². The number of hydrogen-bond donors (Lipinski definition) is 2. The fraction of sp³-hybridized carbons (Fsp3) is 0.500. The lowest BCUT2D eigenvalue weighted by Crippen LogP contribution is -2.33. The second-order valence-corrected chi connectivity index (χ2v) is 6.79. The van der Waals surface area contributed by atoms with Crippen molar-refractivity contribution >= 4 is 29.2 Å². The number of hydrogen-bond acceptors (Lipinski definition) is 8. The van der Waals surface area contributed by atoms with E-state index in [0.29, 0.717) is 19.3 Å². The largest absolute Gasteiger partial charge is 0.488 e. The number of rotatable bonds is 7. The number of fused-ring (bicyclic) bond motifs is 3. The Morgan fingerprint density at radius 3 is 2.59 bits per heavy atom. The van der Waals surface area contributed by atoms with E-state index in [4.69, 9.17) is 14.2 Å². The zero-order chi connectivity index (χ0) is 21.0. The van der Waals surface area contributed by atoms with Crippen molar-refractivity contribution in [2.75, 3.05) is 25.1 Å². The first-order valence-electron chi connectivity index (χ1n) is 9.71. The van der Waals surface area contributed by atoms with Gasteiger partial charge in [0.2, 0.25) is 5.91 Å². The molecule has 2 N–H and O–H groups in total. The first-order valence-corrected chi connectivity index (χ1v) is 9.71. The van der Waals surface area contributed by atoms with Crippen LogP contribution in [-0.2, 0) is 36.7 Å². The normalized spacial score (nSPS) is 16.7. The summed E-state index contributed by atoms with van der Waals surface area (Å²) < 4.78 is 15.8. The van der Waals surface area contributed by atoms with Crippen molar-refractivity contribution < 1.29 is 28.6 Å². The fourth-order valence-corrected chi connectivity index (χ4v) is 3.46. The minimum Gasteiger partial charge on any atom is -0.488 e. The Kier molecular flexibility index (Phi) is 6.36. The van der Waals surface area contributed by atoms with Crippen LogP contribution >= 0.6 is 0 Å². The third-order valence-electron chi connectivity index (χ3n) is 4.70. The van der Waals surface area contributed by atoms with E-state index in [2.05, 4.69) is 15.8 Å². The SMILES string of the molecule is CCOC(=O)C(=NNCC1Cc2cc(C)c3c(c2O1)CCC(=O)N3)C(=O)OCC. The fourth-order valence-electron chi connectivity index (χ4n) is 3.46. The number of hydrazone groups is 1. The van der Waals surface area contributed by atoms with Gasteiger partial charge in [-0.3, -0.25) is 4.79 Å². The van der Waals surface area contributed by atoms with Crippen LogP contribution in [0, 0.1) is 6.92 Å². The van der Waals surface area contributed by atoms with E-state index < -0.39 is 17.7 Å². The molecule has 1 aromatic carbocycles. The Bertz CT molecular complexity index is 844. The van der Waals surface area contributed by atoms with Gasteiger partial charge in [-0.2, -0.15) is 5.10 Å². The molecule has 1 atom stereocenters. The van der Waals surface area contributed by atoms with E-state index >= 15 is 0 Å². The number of nitrogens with zero attached hydrogens (tertiary/aromatic N) is 1. The van der Waals surface area contributed by atoms with Crippen LogP contribution in [0.4, 0.5) is 5.69 Å². The number of benzene rings is 1. The van der Waals surface area contributed by atoms with Crippen LogP contribution in [0.5, 0.6) is 5.75 Å². The molecule has 1 unspecified atom stereocenters. The quantitative estimate of drug-likeness (QED) is 0.305. The maximum atomic E-state index is 11.9. The lowest BCUT2D eigenvalue weighted by atomic mass is 9.94. The van der Waals surface area contributed by atoms with Crippen LogP contribution in [0.25, 0.3) is 0 Å². The first-order chi connectivity index (χ1) is 13.9. The van der Waals surface area contributed by atoms with E-state index in [-0.39, 0.29) is 31.8 Å². The average molecular weight is 403 g/mol. The minimum atomic E-state index is -0.838. The van der Waals surface area contributed by atoms with E-state index in [9.17, 15) is 14.4 Å². The van der Waals surface area contributed by atoms with E-state index in [1.54, 1.807) is 13.8 Å². The summed E-state index contributed by atoms with van der Waals surface area (Å²) in [5.41, 5.74) is 6.24. The molecule has 3 rings (SSSR count). The lowest BCUT2D eigenvalue weighted by molar-refractivity contribution is -0.140. The number of amides is 1. The number of carbonyl (C=O) groups excluding carboxylic acids is 3. The molecule has 1 amide bonds. The maximum Gasteiger partial charge on any atom is 0.366 e. The highest BCUT2D eigenvalue weighted by atomic mass is 16.6. The summed E-state index contributed by atoms with van der Waals surface area (Å²) >= 11 is 0. The van der Waals surface area contributed by atoms with E-state index in [0.717, 1.165) is 28.1 Å². The molecule has 9 nitrogen and oxygen atoms in total. The van der Waals surface area contributed by atoms with Crippen LogP contribution in [0.1, 0.15) is 37.0 Å². The lowest BCUT2D eigenvalue weighted by Gasteiger charge is -2.22. The summed E-state index contributed by atoms with van der Waals surface area (Å²) in [5.74, 6) is -0.863. The predicted octanol–water partition coefficient (Wildman–Crippen LogP) is 1.26. The van der Waals surface area contributed by atoms with Gasteiger partial charge in [0, 0.05) is 18.4 Å². The molecule has 29 heavy (non-hydrogen) atoms. The Hall–Kier alpha value is -3.10. The zero-order valence-corrected chi connectivity index (χ0v) is 16.8. The summed E-state index contributed by atoms with van der Waals surface area (Å²) in [6.07, 6.45) is 1.51. The predicted molar refractivity (Wildman–Crippen MR) is 105 cm³/mol. The summed E-state index contributed by atoms with van der Waals surface area (Å²) in [6.45, 7) is 5.78. The maximum absolute atomic E-state index is 11.9. The number of aryl methyl sites for hydroxylation is 1. The van der Waals surface area contributed by atoms with Gasteiger partial charge >= 0.3 is 11.9 Å². The van der Waals surface area contributed by atoms with Crippen molar-refractivity contribution in [1.82, 2.24) is 5.43 Å². The third-order valence-corrected chi connectivity index (χ3v) is 4.70. The molecular weight excluding hydrogens is 378 g/mol. The van der Waals surface area contributed by atoms with Crippen LogP contribution in [-0.4, -0.2) is 49.4 Å². The zero-order valence-electron chi connectivity index (χ0n) is 16.8. The monoisotopic (exact) mass is 403 g/mol. The summed E-state index contributed by atoms with van der Waals surface area (Å²) in [5, 5.41) is 6.80. The molecule has 0 bridgehead atoms. The van der Waals surface area contributed by atoms with Gasteiger partial charge in [-0.15, -0.1) is 0 Å². The summed E-state index contributed by atoms with van der Waals surface area (Å²) in [7, 11) is 0. The highest BCUT2D eigenvalue weighted by Gasteiger charge is 2.31. The summed E-state index contributed by atoms with van der Waals surface area (Å²) in [4.78, 5) is 35.6. The van der Waals surface area contributed by atoms with Gasteiger partial charge in [0.05, 0.1) is 25.4 Å². The molecule has 0 aromatic heterocycles. The van der Waals surface area contributed by atoms with Crippen molar-refractivity contribution in [1.29, 1.82) is 0 Å². The highest BCUT2D eigenvalue weighted by molar-refractivity contribution is 6.62. The molecule has 2 heterocycles. The number of anilines is 1. The number of esters is 2. The molecule has 1 aromatic rings. The molecule has 0 saturated heterocycles. The molecule has 0 aliphatic carbocycles. The van der Waals surface area contributed by atoms with Crippen LogP contribution in [0.15, 0.2) is 11.2 Å². The van der Waals surface area contributed by atoms with E-state index in [1.165, 1.54) is 0 Å². The third kappa shape index (κ3) is 4.49. The Morgan fingerprint density at radius 1 is 1.24 bits per heavy atom. The Balaban J connectivity index is 1.68. The topological polar surface area (TPSA) is 115 Å². The molecule has 9 heteroatoms. The molecule has 0 saturated carbocycles. The van der Waals surface area contributed by atoms with Gasteiger partial charge in [-0.25, -0.2) is 9.59 Å². The van der Waals surface area contributed by atoms with Crippen molar-refractivity contribution in [3.05, 3.63) is 22.8 Å². The van der Waals surface area contributed by atoms with Crippen LogP contribution in [0.3, 0.4) is 0 Å². The van der Waals surface area contributed by atoms with Gasteiger partial charge in [0.25, 0.3) is 5.71 Å². The van der Waals surface area contributed by atoms with Gasteiger partial charge in [0.1, 0.15) is 11.9 Å². The van der Waals surface area contributed by atoms with Crippen LogP contribution in [0.2, 0.25) is 0 Å². The molecule has 0 spiro atoms. The Labute approximate surface area is 168 Å². The molecule has 156 valence electrons. The molecular formula is C20H25N3O6. The number of nitrogens with one attached hydrogen (secondary N) is 2. The standard InChI is InChI=1S/C20H25N3O6/c1-4-27-19(25)17(20(26)28-5-2)23-21-10-13-9-12-8-11(3)16-14(18(12)29-13)6-7-15(24)22-16/h8,13,21H,4-7,9-10H2,1-3H3,(H,22,24).